The van der Waals surface area contributed by atoms with Gasteiger partial charge < -0.3 is 15.6 Å². The van der Waals surface area contributed by atoms with Crippen molar-refractivity contribution in [3.8, 4) is 5.75 Å². The van der Waals surface area contributed by atoms with Gasteiger partial charge in [0.2, 0.25) is 0 Å². The fourth-order valence-corrected chi connectivity index (χ4v) is 1.43. The summed E-state index contributed by atoms with van der Waals surface area (Å²) in [5, 5.41) is 9.79. The number of methoxy groups -OCH3 is 1. The van der Waals surface area contributed by atoms with E-state index in [1.165, 1.54) is 0 Å². The highest BCUT2D eigenvalue weighted by molar-refractivity contribution is 6.32. The molecule has 4 heteroatoms. The van der Waals surface area contributed by atoms with E-state index in [1.54, 1.807) is 32.2 Å². The number of rotatable bonds is 3. The average Bonchev–Trinajstić information content (AvgIpc) is 2.16. The van der Waals surface area contributed by atoms with E-state index in [4.69, 9.17) is 22.1 Å². The van der Waals surface area contributed by atoms with Gasteiger partial charge in [0.05, 0.1) is 24.3 Å². The van der Waals surface area contributed by atoms with E-state index in [2.05, 4.69) is 0 Å². The van der Waals surface area contributed by atoms with Crippen molar-refractivity contribution in [1.29, 1.82) is 0 Å². The predicted octanol–water partition coefficient (Wildman–Crippen LogP) is 1.73. The van der Waals surface area contributed by atoms with E-state index in [0.717, 1.165) is 5.56 Å². The zero-order valence-electron chi connectivity index (χ0n) is 8.20. The first-order valence-electron chi connectivity index (χ1n) is 4.33. The molecule has 0 aliphatic heterocycles. The zero-order chi connectivity index (χ0) is 10.7. The summed E-state index contributed by atoms with van der Waals surface area (Å²) in [5.41, 5.74) is 6.55. The molecule has 0 heterocycles. The van der Waals surface area contributed by atoms with Gasteiger partial charge in [0.15, 0.2) is 0 Å². The van der Waals surface area contributed by atoms with Crippen molar-refractivity contribution in [1.82, 2.24) is 0 Å². The van der Waals surface area contributed by atoms with Gasteiger partial charge in [-0.05, 0) is 24.6 Å². The van der Waals surface area contributed by atoms with Crippen molar-refractivity contribution in [3.63, 3.8) is 0 Å². The van der Waals surface area contributed by atoms with E-state index < -0.39 is 12.1 Å². The standard InChI is InChI=1S/C10H14ClNO2/c1-6(13)10(12)7-3-4-9(14-2)8(11)5-7/h3-6,10,13H,12H2,1-2H3/t6-,10-/m1/s1. The molecule has 2 atom stereocenters. The van der Waals surface area contributed by atoms with Crippen LogP contribution in [0.1, 0.15) is 18.5 Å². The Morgan fingerprint density at radius 3 is 2.57 bits per heavy atom. The summed E-state index contributed by atoms with van der Waals surface area (Å²) in [7, 11) is 1.55. The van der Waals surface area contributed by atoms with Gasteiger partial charge in [-0.15, -0.1) is 0 Å². The Hall–Kier alpha value is -0.770. The Bertz CT molecular complexity index is 315. The molecular weight excluding hydrogens is 202 g/mol. The highest BCUT2D eigenvalue weighted by Gasteiger charge is 2.13. The molecule has 0 radical (unpaired) electrons. The molecule has 1 aromatic carbocycles. The molecule has 3 N–H and O–H groups in total. The van der Waals surface area contributed by atoms with Gasteiger partial charge in [-0.3, -0.25) is 0 Å². The smallest absolute Gasteiger partial charge is 0.137 e. The van der Waals surface area contributed by atoms with Crippen LogP contribution in [0.3, 0.4) is 0 Å². The third kappa shape index (κ3) is 2.38. The predicted molar refractivity (Wildman–Crippen MR) is 56.6 cm³/mol. The van der Waals surface area contributed by atoms with E-state index in [1.807, 2.05) is 0 Å². The largest absolute Gasteiger partial charge is 0.495 e. The summed E-state index contributed by atoms with van der Waals surface area (Å²) in [6.07, 6.45) is -0.598. The topological polar surface area (TPSA) is 55.5 Å². The number of benzene rings is 1. The van der Waals surface area contributed by atoms with Gasteiger partial charge in [0, 0.05) is 0 Å². The molecule has 14 heavy (non-hydrogen) atoms. The van der Waals surface area contributed by atoms with Crippen molar-refractivity contribution in [2.75, 3.05) is 7.11 Å². The second-order valence-corrected chi connectivity index (χ2v) is 3.57. The molecule has 0 spiro atoms. The lowest BCUT2D eigenvalue weighted by molar-refractivity contribution is 0.164. The SMILES string of the molecule is COc1ccc([C@H](N)[C@@H](C)O)cc1Cl. The number of aliphatic hydroxyl groups is 1. The Labute approximate surface area is 88.4 Å². The fraction of sp³-hybridized carbons (Fsp3) is 0.400. The average molecular weight is 216 g/mol. The maximum absolute atomic E-state index is 9.29. The molecule has 0 aliphatic carbocycles. The Morgan fingerprint density at radius 1 is 1.50 bits per heavy atom. The van der Waals surface area contributed by atoms with Crippen LogP contribution in [-0.2, 0) is 0 Å². The molecule has 0 aromatic heterocycles. The molecule has 0 saturated carbocycles. The number of hydrogen-bond acceptors (Lipinski definition) is 3. The first-order chi connectivity index (χ1) is 6.56. The molecule has 0 fully saturated rings. The minimum Gasteiger partial charge on any atom is -0.495 e. The van der Waals surface area contributed by atoms with Gasteiger partial charge in [0.1, 0.15) is 5.75 Å². The van der Waals surface area contributed by atoms with E-state index in [9.17, 15) is 5.11 Å². The number of nitrogens with two attached hydrogens (primary N) is 1. The molecule has 78 valence electrons. The molecule has 0 unspecified atom stereocenters. The molecule has 3 nitrogen and oxygen atoms in total. The van der Waals surface area contributed by atoms with Crippen LogP contribution in [0, 0.1) is 0 Å². The maximum Gasteiger partial charge on any atom is 0.137 e. The van der Waals surface area contributed by atoms with Crippen molar-refractivity contribution >= 4 is 11.6 Å². The minimum atomic E-state index is -0.598. The normalized spacial score (nSPS) is 14.9. The molecule has 1 rings (SSSR count). The van der Waals surface area contributed by atoms with Crippen LogP contribution in [0.15, 0.2) is 18.2 Å². The summed E-state index contributed by atoms with van der Waals surface area (Å²) in [4.78, 5) is 0. The van der Waals surface area contributed by atoms with Gasteiger partial charge in [-0.1, -0.05) is 17.7 Å². The highest BCUT2D eigenvalue weighted by atomic mass is 35.5. The number of aliphatic hydroxyl groups excluding tert-OH is 1. The zero-order valence-corrected chi connectivity index (χ0v) is 8.95. The van der Waals surface area contributed by atoms with Gasteiger partial charge in [0.25, 0.3) is 0 Å². The van der Waals surface area contributed by atoms with Gasteiger partial charge >= 0.3 is 0 Å². The summed E-state index contributed by atoms with van der Waals surface area (Å²) < 4.78 is 5.00. The third-order valence-corrected chi connectivity index (χ3v) is 2.38. The first-order valence-corrected chi connectivity index (χ1v) is 4.71. The molecular formula is C10H14ClNO2. The summed E-state index contributed by atoms with van der Waals surface area (Å²) in [6, 6.07) is 4.82. The summed E-state index contributed by atoms with van der Waals surface area (Å²) >= 11 is 5.92. The quantitative estimate of drug-likeness (QED) is 0.808. The van der Waals surface area contributed by atoms with Gasteiger partial charge in [-0.25, -0.2) is 0 Å². The van der Waals surface area contributed by atoms with Crippen LogP contribution in [0.5, 0.6) is 5.75 Å². The third-order valence-electron chi connectivity index (χ3n) is 2.08. The van der Waals surface area contributed by atoms with E-state index >= 15 is 0 Å². The highest BCUT2D eigenvalue weighted by Crippen LogP contribution is 2.27. The minimum absolute atomic E-state index is 0.418. The molecule has 0 aliphatic rings. The van der Waals surface area contributed by atoms with Crippen LogP contribution in [0.2, 0.25) is 5.02 Å². The fourth-order valence-electron chi connectivity index (χ4n) is 1.17. The van der Waals surface area contributed by atoms with E-state index in [-0.39, 0.29) is 0 Å². The number of halogens is 1. The Morgan fingerprint density at radius 2 is 2.14 bits per heavy atom. The molecule has 0 bridgehead atoms. The molecule has 1 aromatic rings. The second kappa shape index (κ2) is 4.64. The van der Waals surface area contributed by atoms with Crippen molar-refractivity contribution in [2.24, 2.45) is 5.73 Å². The lowest BCUT2D eigenvalue weighted by Gasteiger charge is -2.15. The van der Waals surface area contributed by atoms with Crippen molar-refractivity contribution < 1.29 is 9.84 Å². The monoisotopic (exact) mass is 215 g/mol. The lowest BCUT2D eigenvalue weighted by atomic mass is 10.0. The van der Waals surface area contributed by atoms with Crippen LogP contribution in [-0.4, -0.2) is 18.3 Å². The first kappa shape index (κ1) is 11.3. The van der Waals surface area contributed by atoms with Crippen LogP contribution >= 0.6 is 11.6 Å². The van der Waals surface area contributed by atoms with Gasteiger partial charge in [-0.2, -0.15) is 0 Å². The second-order valence-electron chi connectivity index (χ2n) is 3.16. The van der Waals surface area contributed by atoms with Crippen molar-refractivity contribution in [2.45, 2.75) is 19.1 Å². The lowest BCUT2D eigenvalue weighted by Crippen LogP contribution is -2.23. The van der Waals surface area contributed by atoms with Crippen LogP contribution < -0.4 is 10.5 Å². The van der Waals surface area contributed by atoms with Crippen LogP contribution in [0.25, 0.3) is 0 Å². The molecule has 0 saturated heterocycles. The number of ether oxygens (including phenoxy) is 1. The maximum atomic E-state index is 9.29. The van der Waals surface area contributed by atoms with Crippen molar-refractivity contribution in [3.05, 3.63) is 28.8 Å². The Kier molecular flexibility index (Phi) is 3.75. The summed E-state index contributed by atoms with van der Waals surface area (Å²) in [6.45, 7) is 1.64. The number of hydrogen-bond donors (Lipinski definition) is 2. The molecule has 0 amide bonds. The Balaban J connectivity index is 2.96. The van der Waals surface area contributed by atoms with Crippen LogP contribution in [0.4, 0.5) is 0 Å². The van der Waals surface area contributed by atoms with E-state index in [0.29, 0.717) is 10.8 Å². The summed E-state index contributed by atoms with van der Waals surface area (Å²) in [5.74, 6) is 0.605.